The van der Waals surface area contributed by atoms with E-state index in [0.717, 1.165) is 19.6 Å². The van der Waals surface area contributed by atoms with Gasteiger partial charge in [0.2, 0.25) is 0 Å². The van der Waals surface area contributed by atoms with Crippen LogP contribution in [0.2, 0.25) is 0 Å². The fraction of sp³-hybridized carbons (Fsp3) is 0.917. The summed E-state index contributed by atoms with van der Waals surface area (Å²) < 4.78 is 5.15. The Morgan fingerprint density at radius 1 is 1.47 bits per heavy atom. The summed E-state index contributed by atoms with van der Waals surface area (Å²) in [6, 6.07) is 0. The smallest absolute Gasteiger partial charge is 0.407 e. The van der Waals surface area contributed by atoms with Gasteiger partial charge in [-0.2, -0.15) is 0 Å². The minimum atomic E-state index is -0.433. The van der Waals surface area contributed by atoms with Gasteiger partial charge >= 0.3 is 6.09 Å². The molecule has 0 aliphatic carbocycles. The highest BCUT2D eigenvalue weighted by Gasteiger charge is 2.28. The van der Waals surface area contributed by atoms with Crippen LogP contribution in [0.3, 0.4) is 0 Å². The summed E-state index contributed by atoms with van der Waals surface area (Å²) in [7, 11) is 0. The van der Waals surface area contributed by atoms with Gasteiger partial charge in [-0.1, -0.05) is 13.8 Å². The van der Waals surface area contributed by atoms with Crippen molar-refractivity contribution in [1.29, 1.82) is 0 Å². The molecule has 5 heteroatoms. The molecule has 0 aromatic heterocycles. The molecule has 0 bridgehead atoms. The van der Waals surface area contributed by atoms with Crippen LogP contribution in [0, 0.1) is 5.41 Å². The van der Waals surface area contributed by atoms with Crippen LogP contribution in [-0.2, 0) is 4.74 Å². The van der Waals surface area contributed by atoms with Gasteiger partial charge in [0.1, 0.15) is 5.60 Å². The molecular formula is C12H25N3O2. The number of carbonyl (C=O) groups is 1. The second-order valence-electron chi connectivity index (χ2n) is 6.35. The van der Waals surface area contributed by atoms with Crippen molar-refractivity contribution in [2.75, 3.05) is 26.2 Å². The number of alkyl carbamates (subject to hydrolysis) is 1. The lowest BCUT2D eigenvalue weighted by molar-refractivity contribution is 0.0520. The Morgan fingerprint density at radius 2 is 2.12 bits per heavy atom. The third-order valence-electron chi connectivity index (χ3n) is 2.45. The Morgan fingerprint density at radius 3 is 2.59 bits per heavy atom. The van der Waals surface area contributed by atoms with Crippen LogP contribution in [0.25, 0.3) is 0 Å². The van der Waals surface area contributed by atoms with Crippen LogP contribution in [0.15, 0.2) is 0 Å². The van der Waals surface area contributed by atoms with Crippen molar-refractivity contribution in [2.45, 2.75) is 40.2 Å². The maximum atomic E-state index is 11.4. The molecule has 0 atom stereocenters. The zero-order chi connectivity index (χ0) is 13.1. The first-order valence-corrected chi connectivity index (χ1v) is 6.13. The number of ether oxygens (including phenoxy) is 1. The molecule has 5 nitrogen and oxygen atoms in total. The van der Waals surface area contributed by atoms with Crippen LogP contribution in [0.1, 0.15) is 34.6 Å². The van der Waals surface area contributed by atoms with Crippen molar-refractivity contribution in [3.63, 3.8) is 0 Å². The van der Waals surface area contributed by atoms with Gasteiger partial charge in [0.25, 0.3) is 0 Å². The third kappa shape index (κ3) is 5.89. The van der Waals surface area contributed by atoms with Crippen LogP contribution < -0.4 is 10.7 Å². The lowest BCUT2D eigenvalue weighted by Crippen LogP contribution is -2.40. The van der Waals surface area contributed by atoms with Crippen molar-refractivity contribution >= 4 is 6.09 Å². The molecule has 1 amide bonds. The number of hydrazine groups is 1. The standard InChI is InChI=1S/C12H25N3O2/c1-11(2,3)17-10(16)13-6-7-15-9-12(4,5)8-14-15/h14H,6-9H2,1-5H3,(H,13,16). The second-order valence-corrected chi connectivity index (χ2v) is 6.35. The van der Waals surface area contributed by atoms with Crippen molar-refractivity contribution in [3.05, 3.63) is 0 Å². The number of hydrogen-bond acceptors (Lipinski definition) is 4. The summed E-state index contributed by atoms with van der Waals surface area (Å²) in [5.41, 5.74) is 3.19. The Labute approximate surface area is 104 Å². The number of hydrogen-bond donors (Lipinski definition) is 2. The van der Waals surface area contributed by atoms with Crippen molar-refractivity contribution < 1.29 is 9.53 Å². The Kier molecular flexibility index (Phi) is 4.38. The summed E-state index contributed by atoms with van der Waals surface area (Å²) in [4.78, 5) is 11.4. The summed E-state index contributed by atoms with van der Waals surface area (Å²) in [6.45, 7) is 13.4. The number of nitrogens with zero attached hydrogens (tertiary/aromatic N) is 1. The van der Waals surface area contributed by atoms with Gasteiger partial charge in [-0.25, -0.2) is 9.80 Å². The molecule has 1 rings (SSSR count). The van der Waals surface area contributed by atoms with E-state index in [4.69, 9.17) is 4.74 Å². The molecule has 1 saturated heterocycles. The third-order valence-corrected chi connectivity index (χ3v) is 2.45. The highest BCUT2D eigenvalue weighted by Crippen LogP contribution is 2.19. The molecule has 0 aromatic rings. The molecule has 1 aliphatic rings. The predicted molar refractivity (Wildman–Crippen MR) is 67.6 cm³/mol. The lowest BCUT2D eigenvalue weighted by atomic mass is 9.96. The molecule has 1 heterocycles. The van der Waals surface area contributed by atoms with Crippen LogP contribution in [0.4, 0.5) is 4.79 Å². The highest BCUT2D eigenvalue weighted by atomic mass is 16.6. The molecular weight excluding hydrogens is 218 g/mol. The SMILES string of the molecule is CC1(C)CNN(CCNC(=O)OC(C)(C)C)C1. The van der Waals surface area contributed by atoms with E-state index in [1.54, 1.807) is 0 Å². The second kappa shape index (κ2) is 5.23. The van der Waals surface area contributed by atoms with Crippen LogP contribution in [0.5, 0.6) is 0 Å². The highest BCUT2D eigenvalue weighted by molar-refractivity contribution is 5.67. The zero-order valence-electron chi connectivity index (χ0n) is 11.6. The topological polar surface area (TPSA) is 53.6 Å². The number of amides is 1. The molecule has 0 aromatic carbocycles. The molecule has 0 unspecified atom stereocenters. The first kappa shape index (κ1) is 14.3. The maximum absolute atomic E-state index is 11.4. The van der Waals surface area contributed by atoms with Crippen LogP contribution >= 0.6 is 0 Å². The fourth-order valence-electron chi connectivity index (χ4n) is 1.72. The maximum Gasteiger partial charge on any atom is 0.407 e. The molecule has 0 radical (unpaired) electrons. The van der Waals surface area contributed by atoms with Gasteiger partial charge in [-0.15, -0.1) is 0 Å². The summed E-state index contributed by atoms with van der Waals surface area (Å²) in [5.74, 6) is 0. The lowest BCUT2D eigenvalue weighted by Gasteiger charge is -2.21. The molecule has 100 valence electrons. The van der Waals surface area contributed by atoms with Crippen molar-refractivity contribution in [3.8, 4) is 0 Å². The summed E-state index contributed by atoms with van der Waals surface area (Å²) in [5, 5.41) is 4.89. The van der Waals surface area contributed by atoms with Gasteiger partial charge < -0.3 is 10.1 Å². The molecule has 1 aliphatic heterocycles. The largest absolute Gasteiger partial charge is 0.444 e. The van der Waals surface area contributed by atoms with Gasteiger partial charge in [0.05, 0.1) is 0 Å². The van der Waals surface area contributed by atoms with E-state index in [1.807, 2.05) is 20.8 Å². The van der Waals surface area contributed by atoms with Crippen LogP contribution in [-0.4, -0.2) is 42.9 Å². The Hall–Kier alpha value is -0.810. The van der Waals surface area contributed by atoms with E-state index >= 15 is 0 Å². The molecule has 0 saturated carbocycles. The quantitative estimate of drug-likeness (QED) is 0.786. The number of carbonyl (C=O) groups excluding carboxylic acids is 1. The fourth-order valence-corrected chi connectivity index (χ4v) is 1.72. The molecule has 0 spiro atoms. The minimum Gasteiger partial charge on any atom is -0.444 e. The van der Waals surface area contributed by atoms with E-state index in [-0.39, 0.29) is 6.09 Å². The van der Waals surface area contributed by atoms with Crippen molar-refractivity contribution in [1.82, 2.24) is 15.8 Å². The monoisotopic (exact) mass is 243 g/mol. The number of rotatable bonds is 3. The molecule has 2 N–H and O–H groups in total. The van der Waals surface area contributed by atoms with E-state index in [1.165, 1.54) is 0 Å². The first-order chi connectivity index (χ1) is 7.68. The minimum absolute atomic E-state index is 0.311. The van der Waals surface area contributed by atoms with Crippen molar-refractivity contribution in [2.24, 2.45) is 5.41 Å². The molecule has 1 fully saturated rings. The Balaban J connectivity index is 2.15. The average molecular weight is 243 g/mol. The normalized spacial score (nSPS) is 20.3. The molecule has 17 heavy (non-hydrogen) atoms. The van der Waals surface area contributed by atoms with Gasteiger partial charge in [0, 0.05) is 26.2 Å². The summed E-state index contributed by atoms with van der Waals surface area (Å²) >= 11 is 0. The van der Waals surface area contributed by atoms with E-state index < -0.39 is 5.60 Å². The first-order valence-electron chi connectivity index (χ1n) is 6.13. The zero-order valence-corrected chi connectivity index (χ0v) is 11.6. The predicted octanol–water partition coefficient (Wildman–Crippen LogP) is 1.36. The Bertz CT molecular complexity index is 271. The van der Waals surface area contributed by atoms with E-state index in [9.17, 15) is 4.79 Å². The summed E-state index contributed by atoms with van der Waals surface area (Å²) in [6.07, 6.45) is -0.351. The van der Waals surface area contributed by atoms with Gasteiger partial charge in [-0.05, 0) is 26.2 Å². The van der Waals surface area contributed by atoms with E-state index in [2.05, 4.69) is 29.6 Å². The van der Waals surface area contributed by atoms with Gasteiger partial charge in [0.15, 0.2) is 0 Å². The average Bonchev–Trinajstić information content (AvgIpc) is 2.42. The number of nitrogens with one attached hydrogen (secondary N) is 2. The van der Waals surface area contributed by atoms with E-state index in [0.29, 0.717) is 12.0 Å². The van der Waals surface area contributed by atoms with Gasteiger partial charge in [-0.3, -0.25) is 5.43 Å².